The van der Waals surface area contributed by atoms with Gasteiger partial charge in [0.1, 0.15) is 0 Å². The van der Waals surface area contributed by atoms with Gasteiger partial charge in [-0.15, -0.1) is 0 Å². The molecule has 0 amide bonds. The molecule has 2 fully saturated rings. The predicted octanol–water partition coefficient (Wildman–Crippen LogP) is 3.16. The molecule has 0 aromatic rings. The molecule has 2 rings (SSSR count). The highest BCUT2D eigenvalue weighted by atomic mass is 15.1. The second-order valence-corrected chi connectivity index (χ2v) is 6.27. The number of nitrogens with two attached hydrogens (primary N) is 1. The number of likely N-dealkylation sites (tertiary alicyclic amines) is 1. The van der Waals surface area contributed by atoms with Gasteiger partial charge in [0.2, 0.25) is 0 Å². The van der Waals surface area contributed by atoms with Gasteiger partial charge in [-0.1, -0.05) is 32.1 Å². The molecule has 0 spiro atoms. The van der Waals surface area contributed by atoms with Crippen molar-refractivity contribution in [3.63, 3.8) is 0 Å². The van der Waals surface area contributed by atoms with Gasteiger partial charge in [-0.05, 0) is 63.7 Å². The topological polar surface area (TPSA) is 29.3 Å². The molecule has 0 radical (unpaired) electrons. The summed E-state index contributed by atoms with van der Waals surface area (Å²) < 4.78 is 0. The summed E-state index contributed by atoms with van der Waals surface area (Å²) in [5.74, 6) is 0. The summed E-state index contributed by atoms with van der Waals surface area (Å²) in [7, 11) is 0. The van der Waals surface area contributed by atoms with E-state index in [0.717, 1.165) is 6.54 Å². The highest BCUT2D eigenvalue weighted by Gasteiger charge is 2.30. The minimum Gasteiger partial charge on any atom is -0.330 e. The summed E-state index contributed by atoms with van der Waals surface area (Å²) in [5.41, 5.74) is 6.57. The fraction of sp³-hybridized carbons (Fsp3) is 1.00. The normalized spacial score (nSPS) is 26.6. The van der Waals surface area contributed by atoms with Crippen molar-refractivity contribution in [2.24, 2.45) is 11.1 Å². The Bertz CT molecular complexity index is 201. The second kappa shape index (κ2) is 6.75. The van der Waals surface area contributed by atoms with Crippen LogP contribution in [0.4, 0.5) is 0 Å². The lowest BCUT2D eigenvalue weighted by Gasteiger charge is -2.38. The minimum atomic E-state index is 0.505. The maximum absolute atomic E-state index is 6.07. The Balaban J connectivity index is 1.77. The summed E-state index contributed by atoms with van der Waals surface area (Å²) in [5, 5.41) is 0. The summed E-state index contributed by atoms with van der Waals surface area (Å²) in [6.45, 7) is 4.89. The molecule has 2 aliphatic rings. The summed E-state index contributed by atoms with van der Waals surface area (Å²) in [6, 6.07) is 0. The highest BCUT2D eigenvalue weighted by Crippen LogP contribution is 2.38. The maximum atomic E-state index is 6.07. The quantitative estimate of drug-likeness (QED) is 0.815. The summed E-state index contributed by atoms with van der Waals surface area (Å²) in [4.78, 5) is 2.69. The molecule has 100 valence electrons. The van der Waals surface area contributed by atoms with Gasteiger partial charge in [-0.2, -0.15) is 0 Å². The van der Waals surface area contributed by atoms with Crippen molar-refractivity contribution in [2.75, 3.05) is 26.2 Å². The minimum absolute atomic E-state index is 0.505. The van der Waals surface area contributed by atoms with Crippen LogP contribution in [0, 0.1) is 5.41 Å². The third kappa shape index (κ3) is 3.96. The van der Waals surface area contributed by atoms with Crippen LogP contribution in [0.5, 0.6) is 0 Å². The highest BCUT2D eigenvalue weighted by molar-refractivity contribution is 4.84. The van der Waals surface area contributed by atoms with E-state index in [1.165, 1.54) is 83.8 Å². The van der Waals surface area contributed by atoms with Gasteiger partial charge in [-0.3, -0.25) is 0 Å². The molecular formula is C15H30N2. The molecule has 0 atom stereocenters. The Morgan fingerprint density at radius 1 is 0.824 bits per heavy atom. The largest absolute Gasteiger partial charge is 0.330 e. The van der Waals surface area contributed by atoms with Gasteiger partial charge in [0.05, 0.1) is 0 Å². The van der Waals surface area contributed by atoms with Crippen LogP contribution in [0.15, 0.2) is 0 Å². The first-order valence-corrected chi connectivity index (χ1v) is 7.77. The smallest absolute Gasteiger partial charge is 0.00130 e. The average molecular weight is 238 g/mol. The van der Waals surface area contributed by atoms with Crippen molar-refractivity contribution >= 4 is 0 Å². The van der Waals surface area contributed by atoms with Crippen molar-refractivity contribution in [1.29, 1.82) is 0 Å². The Kier molecular flexibility index (Phi) is 5.30. The van der Waals surface area contributed by atoms with Crippen LogP contribution in [0.1, 0.15) is 64.2 Å². The van der Waals surface area contributed by atoms with Gasteiger partial charge < -0.3 is 10.6 Å². The number of hydrogen-bond donors (Lipinski definition) is 1. The van der Waals surface area contributed by atoms with Crippen LogP contribution in [-0.4, -0.2) is 31.1 Å². The molecule has 0 unspecified atom stereocenters. The number of nitrogens with zero attached hydrogens (tertiary/aromatic N) is 1. The lowest BCUT2D eigenvalue weighted by molar-refractivity contribution is 0.148. The van der Waals surface area contributed by atoms with Crippen LogP contribution in [0.25, 0.3) is 0 Å². The van der Waals surface area contributed by atoms with Crippen molar-refractivity contribution in [1.82, 2.24) is 4.90 Å². The molecule has 0 aromatic carbocycles. The first-order chi connectivity index (χ1) is 8.35. The molecule has 0 bridgehead atoms. The lowest BCUT2D eigenvalue weighted by atomic mass is 9.72. The molecule has 1 aliphatic carbocycles. The van der Waals surface area contributed by atoms with Gasteiger partial charge in [0, 0.05) is 0 Å². The fourth-order valence-electron chi connectivity index (χ4n) is 3.61. The molecule has 2 heteroatoms. The van der Waals surface area contributed by atoms with E-state index >= 15 is 0 Å². The van der Waals surface area contributed by atoms with Gasteiger partial charge in [0.15, 0.2) is 0 Å². The molecule has 0 aromatic heterocycles. The van der Waals surface area contributed by atoms with Crippen molar-refractivity contribution in [3.8, 4) is 0 Å². The van der Waals surface area contributed by atoms with E-state index < -0.39 is 0 Å². The Labute approximate surface area is 107 Å². The van der Waals surface area contributed by atoms with E-state index in [1.807, 2.05) is 0 Å². The van der Waals surface area contributed by atoms with E-state index in [4.69, 9.17) is 5.73 Å². The van der Waals surface area contributed by atoms with Crippen molar-refractivity contribution < 1.29 is 0 Å². The fourth-order valence-corrected chi connectivity index (χ4v) is 3.61. The van der Waals surface area contributed by atoms with Crippen LogP contribution < -0.4 is 5.73 Å². The van der Waals surface area contributed by atoms with E-state index in [1.54, 1.807) is 0 Å². The Hall–Kier alpha value is -0.0800. The maximum Gasteiger partial charge on any atom is -0.00130 e. The number of hydrogen-bond acceptors (Lipinski definition) is 2. The zero-order valence-electron chi connectivity index (χ0n) is 11.4. The Morgan fingerprint density at radius 3 is 2.00 bits per heavy atom. The van der Waals surface area contributed by atoms with Gasteiger partial charge >= 0.3 is 0 Å². The van der Waals surface area contributed by atoms with Crippen molar-refractivity contribution in [2.45, 2.75) is 64.2 Å². The third-order valence-corrected chi connectivity index (χ3v) is 5.00. The van der Waals surface area contributed by atoms with Gasteiger partial charge in [-0.25, -0.2) is 0 Å². The Morgan fingerprint density at radius 2 is 1.41 bits per heavy atom. The van der Waals surface area contributed by atoms with Crippen LogP contribution in [-0.2, 0) is 0 Å². The van der Waals surface area contributed by atoms with Gasteiger partial charge in [0.25, 0.3) is 0 Å². The zero-order chi connectivity index (χ0) is 12.0. The average Bonchev–Trinajstić information content (AvgIpc) is 2.66. The van der Waals surface area contributed by atoms with E-state index in [9.17, 15) is 0 Å². The molecule has 1 aliphatic heterocycles. The van der Waals surface area contributed by atoms with Crippen LogP contribution in [0.2, 0.25) is 0 Å². The molecule has 2 N–H and O–H groups in total. The monoisotopic (exact) mass is 238 g/mol. The first kappa shape index (κ1) is 13.4. The van der Waals surface area contributed by atoms with Crippen LogP contribution >= 0.6 is 0 Å². The molecule has 1 heterocycles. The standard InChI is InChI=1S/C15H30N2/c16-14-15(8-4-3-5-9-15)10-13-17-11-6-1-2-7-12-17/h1-14,16H2. The molecule has 17 heavy (non-hydrogen) atoms. The third-order valence-electron chi connectivity index (χ3n) is 5.00. The first-order valence-electron chi connectivity index (χ1n) is 7.77. The van der Waals surface area contributed by atoms with E-state index in [-0.39, 0.29) is 0 Å². The molecule has 1 saturated carbocycles. The van der Waals surface area contributed by atoms with Crippen molar-refractivity contribution in [3.05, 3.63) is 0 Å². The van der Waals surface area contributed by atoms with E-state index in [2.05, 4.69) is 4.90 Å². The van der Waals surface area contributed by atoms with E-state index in [0.29, 0.717) is 5.41 Å². The summed E-state index contributed by atoms with van der Waals surface area (Å²) >= 11 is 0. The molecule has 2 nitrogen and oxygen atoms in total. The lowest BCUT2D eigenvalue weighted by Crippen LogP contribution is -2.37. The summed E-state index contributed by atoms with van der Waals surface area (Å²) in [6.07, 6.45) is 14.1. The molecular weight excluding hydrogens is 208 g/mol. The molecule has 1 saturated heterocycles. The number of rotatable bonds is 4. The zero-order valence-corrected chi connectivity index (χ0v) is 11.4. The SMILES string of the molecule is NCC1(CCN2CCCCCC2)CCCCC1. The predicted molar refractivity (Wildman–Crippen MR) is 74.1 cm³/mol. The van der Waals surface area contributed by atoms with Crippen LogP contribution in [0.3, 0.4) is 0 Å². The second-order valence-electron chi connectivity index (χ2n) is 6.27.